The molecule has 11 heavy (non-hydrogen) atoms. The summed E-state index contributed by atoms with van der Waals surface area (Å²) in [5.74, 6) is 0. The van der Waals surface area contributed by atoms with E-state index in [0.29, 0.717) is 0 Å². The maximum absolute atomic E-state index is 5.56. The molecule has 0 aliphatic rings. The SMILES string of the molecule is Nc1ccc(-c2nncs2)s1. The van der Waals surface area contributed by atoms with Crippen LogP contribution in [-0.4, -0.2) is 10.2 Å². The summed E-state index contributed by atoms with van der Waals surface area (Å²) < 4.78 is 0. The lowest BCUT2D eigenvalue weighted by atomic mass is 10.5. The molecule has 2 N–H and O–H groups in total. The van der Waals surface area contributed by atoms with Crippen molar-refractivity contribution in [3.05, 3.63) is 17.6 Å². The molecule has 0 unspecified atom stereocenters. The van der Waals surface area contributed by atoms with E-state index in [9.17, 15) is 0 Å². The predicted molar refractivity (Wildman–Crippen MR) is 47.6 cm³/mol. The molecule has 2 aromatic rings. The molecule has 0 aromatic carbocycles. The van der Waals surface area contributed by atoms with Crippen LogP contribution in [0.3, 0.4) is 0 Å². The Labute approximate surface area is 71.5 Å². The Bertz CT molecular complexity index is 338. The van der Waals surface area contributed by atoms with E-state index in [-0.39, 0.29) is 0 Å². The van der Waals surface area contributed by atoms with Crippen LogP contribution in [0.4, 0.5) is 5.00 Å². The van der Waals surface area contributed by atoms with Crippen molar-refractivity contribution < 1.29 is 0 Å². The van der Waals surface area contributed by atoms with Gasteiger partial charge in [0.15, 0.2) is 5.01 Å². The number of nitrogens with two attached hydrogens (primary N) is 1. The van der Waals surface area contributed by atoms with Crippen molar-refractivity contribution in [2.75, 3.05) is 5.73 Å². The first-order valence-corrected chi connectivity index (χ1v) is 4.68. The number of hydrogen-bond acceptors (Lipinski definition) is 5. The van der Waals surface area contributed by atoms with Gasteiger partial charge in [0.2, 0.25) is 0 Å². The monoisotopic (exact) mass is 183 g/mol. The third-order valence-corrected chi connectivity index (χ3v) is 2.97. The van der Waals surface area contributed by atoms with E-state index in [4.69, 9.17) is 5.73 Å². The lowest BCUT2D eigenvalue weighted by Crippen LogP contribution is -1.72. The molecule has 0 bridgehead atoms. The molecule has 0 amide bonds. The predicted octanol–water partition coefficient (Wildman–Crippen LogP) is 1.85. The van der Waals surface area contributed by atoms with E-state index in [2.05, 4.69) is 10.2 Å². The van der Waals surface area contributed by atoms with Crippen molar-refractivity contribution in [3.63, 3.8) is 0 Å². The summed E-state index contributed by atoms with van der Waals surface area (Å²) in [6.07, 6.45) is 0. The molecular weight excluding hydrogens is 178 g/mol. The number of anilines is 1. The highest BCUT2D eigenvalue weighted by molar-refractivity contribution is 7.23. The number of aromatic nitrogens is 2. The quantitative estimate of drug-likeness (QED) is 0.734. The lowest BCUT2D eigenvalue weighted by Gasteiger charge is -1.82. The fourth-order valence-corrected chi connectivity index (χ4v) is 2.14. The summed E-state index contributed by atoms with van der Waals surface area (Å²) in [5, 5.41) is 9.42. The smallest absolute Gasteiger partial charge is 0.157 e. The third-order valence-electron chi connectivity index (χ3n) is 1.20. The first kappa shape index (κ1) is 6.75. The van der Waals surface area contributed by atoms with Gasteiger partial charge in [-0.2, -0.15) is 0 Å². The Morgan fingerprint density at radius 2 is 2.27 bits per heavy atom. The zero-order chi connectivity index (χ0) is 7.68. The van der Waals surface area contributed by atoms with Gasteiger partial charge in [-0.05, 0) is 12.1 Å². The Morgan fingerprint density at radius 3 is 2.82 bits per heavy atom. The van der Waals surface area contributed by atoms with Gasteiger partial charge < -0.3 is 5.73 Å². The molecule has 0 fully saturated rings. The van der Waals surface area contributed by atoms with Gasteiger partial charge in [0, 0.05) is 0 Å². The van der Waals surface area contributed by atoms with E-state index in [1.54, 1.807) is 5.51 Å². The van der Waals surface area contributed by atoms with Gasteiger partial charge in [-0.1, -0.05) is 11.3 Å². The van der Waals surface area contributed by atoms with Crippen molar-refractivity contribution >= 4 is 27.7 Å². The van der Waals surface area contributed by atoms with Crippen LogP contribution in [0.25, 0.3) is 9.88 Å². The summed E-state index contributed by atoms with van der Waals surface area (Å²) in [5.41, 5.74) is 7.27. The molecule has 0 atom stereocenters. The van der Waals surface area contributed by atoms with Gasteiger partial charge in [-0.25, -0.2) is 0 Å². The van der Waals surface area contributed by atoms with E-state index >= 15 is 0 Å². The lowest BCUT2D eigenvalue weighted by molar-refractivity contribution is 1.10. The van der Waals surface area contributed by atoms with E-state index < -0.39 is 0 Å². The second-order valence-electron chi connectivity index (χ2n) is 1.95. The Hall–Kier alpha value is -0.940. The summed E-state index contributed by atoms with van der Waals surface area (Å²) in [7, 11) is 0. The molecule has 0 aliphatic heterocycles. The van der Waals surface area contributed by atoms with Gasteiger partial charge in [-0.15, -0.1) is 21.5 Å². The molecule has 3 nitrogen and oxygen atoms in total. The average molecular weight is 183 g/mol. The van der Waals surface area contributed by atoms with Crippen molar-refractivity contribution in [2.45, 2.75) is 0 Å². The fraction of sp³-hybridized carbons (Fsp3) is 0. The van der Waals surface area contributed by atoms with E-state index in [0.717, 1.165) is 14.9 Å². The summed E-state index contributed by atoms with van der Waals surface area (Å²) >= 11 is 3.05. The van der Waals surface area contributed by atoms with Crippen LogP contribution in [-0.2, 0) is 0 Å². The minimum atomic E-state index is 0.815. The van der Waals surface area contributed by atoms with Gasteiger partial charge >= 0.3 is 0 Å². The van der Waals surface area contributed by atoms with Crippen molar-refractivity contribution in [2.24, 2.45) is 0 Å². The van der Waals surface area contributed by atoms with Crippen LogP contribution in [0, 0.1) is 0 Å². The molecule has 0 saturated carbocycles. The van der Waals surface area contributed by atoms with E-state index in [1.807, 2.05) is 12.1 Å². The van der Waals surface area contributed by atoms with Crippen LogP contribution in [0.2, 0.25) is 0 Å². The van der Waals surface area contributed by atoms with Gasteiger partial charge in [0.1, 0.15) is 5.51 Å². The van der Waals surface area contributed by atoms with Crippen molar-refractivity contribution in [1.82, 2.24) is 10.2 Å². The van der Waals surface area contributed by atoms with Gasteiger partial charge in [-0.3, -0.25) is 0 Å². The molecule has 2 aromatic heterocycles. The Morgan fingerprint density at radius 1 is 1.36 bits per heavy atom. The fourth-order valence-electron chi connectivity index (χ4n) is 0.748. The summed E-state index contributed by atoms with van der Waals surface area (Å²) in [4.78, 5) is 1.09. The topological polar surface area (TPSA) is 51.8 Å². The highest BCUT2D eigenvalue weighted by Gasteiger charge is 2.02. The zero-order valence-electron chi connectivity index (χ0n) is 5.52. The molecule has 2 heterocycles. The molecule has 0 saturated heterocycles. The standard InChI is InChI=1S/C6H5N3S2/c7-5-2-1-4(11-5)6-9-8-3-10-6/h1-3H,7H2. The molecule has 0 radical (unpaired) electrons. The van der Waals surface area contributed by atoms with Crippen LogP contribution < -0.4 is 5.73 Å². The number of rotatable bonds is 1. The molecule has 56 valence electrons. The van der Waals surface area contributed by atoms with Crippen LogP contribution >= 0.6 is 22.7 Å². The number of nitrogens with zero attached hydrogens (tertiary/aromatic N) is 2. The molecule has 0 aliphatic carbocycles. The van der Waals surface area contributed by atoms with E-state index in [1.165, 1.54) is 22.7 Å². The third kappa shape index (κ3) is 1.24. The highest BCUT2D eigenvalue weighted by atomic mass is 32.1. The molecular formula is C6H5N3S2. The van der Waals surface area contributed by atoms with Crippen LogP contribution in [0.15, 0.2) is 17.6 Å². The second-order valence-corrected chi connectivity index (χ2v) is 3.89. The van der Waals surface area contributed by atoms with Crippen molar-refractivity contribution in [3.8, 4) is 9.88 Å². The zero-order valence-corrected chi connectivity index (χ0v) is 7.15. The van der Waals surface area contributed by atoms with Gasteiger partial charge in [0.05, 0.1) is 9.88 Å². The maximum Gasteiger partial charge on any atom is 0.157 e. The Kier molecular flexibility index (Phi) is 1.59. The van der Waals surface area contributed by atoms with Crippen molar-refractivity contribution in [1.29, 1.82) is 0 Å². The summed E-state index contributed by atoms with van der Waals surface area (Å²) in [6.45, 7) is 0. The average Bonchev–Trinajstić information content (AvgIpc) is 2.55. The first-order chi connectivity index (χ1) is 5.36. The maximum atomic E-state index is 5.56. The number of nitrogen functional groups attached to an aromatic ring is 1. The Balaban J connectivity index is 2.45. The normalized spacial score (nSPS) is 10.2. The largest absolute Gasteiger partial charge is 0.391 e. The second kappa shape index (κ2) is 2.60. The van der Waals surface area contributed by atoms with Crippen LogP contribution in [0.5, 0.6) is 0 Å². The number of thiophene rings is 1. The minimum absolute atomic E-state index is 0.815. The highest BCUT2D eigenvalue weighted by Crippen LogP contribution is 2.29. The van der Waals surface area contributed by atoms with Gasteiger partial charge in [0.25, 0.3) is 0 Å². The molecule has 0 spiro atoms. The van der Waals surface area contributed by atoms with Crippen LogP contribution in [0.1, 0.15) is 0 Å². The first-order valence-electron chi connectivity index (χ1n) is 2.98. The molecule has 5 heteroatoms. The summed E-state index contributed by atoms with van der Waals surface area (Å²) in [6, 6.07) is 3.84. The number of hydrogen-bond donors (Lipinski definition) is 1. The molecule has 2 rings (SSSR count). The minimum Gasteiger partial charge on any atom is -0.391 e.